The zero-order valence-corrected chi connectivity index (χ0v) is 35.5. The van der Waals surface area contributed by atoms with E-state index in [2.05, 4.69) is 45.6 Å². The van der Waals surface area contributed by atoms with Gasteiger partial charge in [0.05, 0.1) is 40.4 Å². The predicted molar refractivity (Wildman–Crippen MR) is 228 cm³/mol. The Labute approximate surface area is 359 Å². The van der Waals surface area contributed by atoms with Gasteiger partial charge in [0.1, 0.15) is 29.3 Å². The summed E-state index contributed by atoms with van der Waals surface area (Å²) in [5.74, 6) is -0.412. The number of nitrogens with one attached hydrogen (secondary N) is 2. The van der Waals surface area contributed by atoms with Gasteiger partial charge in [-0.1, -0.05) is 13.0 Å². The highest BCUT2D eigenvalue weighted by Crippen LogP contribution is 2.55. The molecule has 15 nitrogen and oxygen atoms in total. The number of carbonyl (C=O) groups excluding carboxylic acids is 2. The van der Waals surface area contributed by atoms with Crippen molar-refractivity contribution in [2.24, 2.45) is 13.0 Å². The molecule has 3 aromatic carbocycles. The van der Waals surface area contributed by atoms with Crippen molar-refractivity contribution in [1.29, 1.82) is 0 Å². The van der Waals surface area contributed by atoms with Crippen LogP contribution in [-0.2, 0) is 28.6 Å². The van der Waals surface area contributed by atoms with E-state index in [1.54, 1.807) is 65.8 Å². The molecule has 324 valence electrons. The molecule has 3 aliphatic heterocycles. The summed E-state index contributed by atoms with van der Waals surface area (Å²) in [6, 6.07) is 14.0. The number of hydrogen-bond donors (Lipinski definition) is 2. The minimum absolute atomic E-state index is 0.0480. The van der Waals surface area contributed by atoms with Gasteiger partial charge in [-0.2, -0.15) is 10.2 Å². The minimum atomic E-state index is -0.706. The molecule has 1 saturated carbocycles. The Kier molecular flexibility index (Phi) is 8.86. The summed E-state index contributed by atoms with van der Waals surface area (Å²) in [4.78, 5) is 49.6. The lowest BCUT2D eigenvalue weighted by Gasteiger charge is -2.35. The monoisotopic (exact) mass is 856 g/mol. The number of aryl methyl sites for hydroxylation is 3. The number of fused-ring (bicyclic) bond motifs is 3. The highest BCUT2D eigenvalue weighted by atomic mass is 19.1. The first kappa shape index (κ1) is 39.3. The zero-order chi connectivity index (χ0) is 43.6. The topological polar surface area (TPSA) is 147 Å². The largest absolute Gasteiger partial charge is 0.427 e. The molecule has 4 aromatic heterocycles. The number of hydrogen-bond acceptors (Lipinski definition) is 8. The van der Waals surface area contributed by atoms with Crippen LogP contribution < -0.4 is 16.5 Å². The van der Waals surface area contributed by atoms with Crippen LogP contribution in [0.3, 0.4) is 0 Å². The van der Waals surface area contributed by atoms with Gasteiger partial charge in [0, 0.05) is 73.5 Å². The maximum absolute atomic E-state index is 15.8. The van der Waals surface area contributed by atoms with E-state index in [4.69, 9.17) is 14.7 Å². The van der Waals surface area contributed by atoms with Crippen LogP contribution in [0.25, 0.3) is 39.0 Å². The first-order valence-electron chi connectivity index (χ1n) is 21.4. The minimum Gasteiger partial charge on any atom is -0.381 e. The van der Waals surface area contributed by atoms with Crippen LogP contribution in [0.4, 0.5) is 13.6 Å². The molecular formula is C46H46F2N10O5. The predicted octanol–water partition coefficient (Wildman–Crippen LogP) is 6.51. The molecule has 2 N–H and O–H groups in total. The Bertz CT molecular complexity index is 3090. The number of benzene rings is 3. The van der Waals surface area contributed by atoms with Gasteiger partial charge in [-0.15, -0.1) is 5.48 Å². The van der Waals surface area contributed by atoms with E-state index in [0.717, 1.165) is 23.7 Å². The number of halogens is 2. The molecule has 7 aromatic rings. The van der Waals surface area contributed by atoms with Gasteiger partial charge in [-0.25, -0.2) is 23.1 Å². The molecule has 11 rings (SSSR count). The summed E-state index contributed by atoms with van der Waals surface area (Å²) >= 11 is 0. The highest BCUT2D eigenvalue weighted by Gasteiger charge is 2.62. The highest BCUT2D eigenvalue weighted by molar-refractivity contribution is 6.00. The van der Waals surface area contributed by atoms with Gasteiger partial charge in [0.2, 0.25) is 0 Å². The van der Waals surface area contributed by atoms with Gasteiger partial charge in [-0.3, -0.25) is 23.9 Å². The van der Waals surface area contributed by atoms with Crippen LogP contribution in [0.2, 0.25) is 0 Å². The van der Waals surface area contributed by atoms with Gasteiger partial charge >= 0.3 is 11.8 Å². The molecule has 2 saturated heterocycles. The molecule has 4 atom stereocenters. The van der Waals surface area contributed by atoms with Crippen LogP contribution >= 0.6 is 0 Å². The Balaban J connectivity index is 1.05. The lowest BCUT2D eigenvalue weighted by molar-refractivity contribution is 0.0653. The average molecular weight is 857 g/mol. The van der Waals surface area contributed by atoms with E-state index in [1.807, 2.05) is 13.0 Å². The third kappa shape index (κ3) is 5.92. The van der Waals surface area contributed by atoms with E-state index in [9.17, 15) is 9.59 Å². The summed E-state index contributed by atoms with van der Waals surface area (Å²) in [5, 5.41) is 13.8. The number of aromatic nitrogens is 7. The van der Waals surface area contributed by atoms with Crippen molar-refractivity contribution < 1.29 is 27.9 Å². The molecule has 0 bridgehead atoms. The lowest BCUT2D eigenvalue weighted by atomic mass is 9.91. The van der Waals surface area contributed by atoms with Gasteiger partial charge in [0.25, 0.3) is 5.91 Å². The number of ether oxygens (including phenoxy) is 1. The molecule has 63 heavy (non-hydrogen) atoms. The zero-order valence-electron chi connectivity index (χ0n) is 35.5. The second-order valence-corrected chi connectivity index (χ2v) is 17.6. The third-order valence-electron chi connectivity index (χ3n) is 14.0. The molecule has 3 fully saturated rings. The fourth-order valence-corrected chi connectivity index (χ4v) is 10.5. The van der Waals surface area contributed by atoms with E-state index >= 15 is 13.6 Å². The standard InChI is InChI=1S/C46H46F2N10O5/c1-24-16-32(17-25(2)40(24)48)58-41(56-13-12-55(45(56)61)37-20-31-23-49-53(5)36(31)21-33(37)47)39-27(4)54(11-8-34(39)51-58)42(59)38-19-30-18-29(28-9-14-62-15-10-28)6-7-35(30)57(38)46(22-26(46)3)43-50-44(60)63-52-43/h6-7,12-13,16-21,23,26-28,43,52H,8-11,14-15,22H2,1-5H3,(H,50,60)/t26-,27-,43?,46-/m0/s1. The summed E-state index contributed by atoms with van der Waals surface area (Å²) in [5.41, 5.74) is 7.41. The second kappa shape index (κ2) is 14.2. The van der Waals surface area contributed by atoms with Crippen LogP contribution in [0.1, 0.15) is 83.5 Å². The van der Waals surface area contributed by atoms with Crippen molar-refractivity contribution in [2.45, 2.75) is 77.0 Å². The Morgan fingerprint density at radius 3 is 2.40 bits per heavy atom. The van der Waals surface area contributed by atoms with Crippen molar-refractivity contribution in [2.75, 3.05) is 19.8 Å². The number of rotatable bonds is 7. The van der Waals surface area contributed by atoms with Gasteiger partial charge < -0.3 is 19.0 Å². The van der Waals surface area contributed by atoms with Crippen molar-refractivity contribution in [3.05, 3.63) is 123 Å². The number of imidazole rings is 1. The molecule has 17 heteroatoms. The fourth-order valence-electron chi connectivity index (χ4n) is 10.5. The smallest absolute Gasteiger partial charge is 0.381 e. The normalized spacial score (nSPS) is 22.5. The number of nitrogens with zero attached hydrogens (tertiary/aromatic N) is 8. The van der Waals surface area contributed by atoms with Crippen molar-refractivity contribution in [3.8, 4) is 17.2 Å². The quantitative estimate of drug-likeness (QED) is 0.185. The van der Waals surface area contributed by atoms with Crippen LogP contribution in [-0.4, -0.2) is 76.1 Å². The van der Waals surface area contributed by atoms with Crippen molar-refractivity contribution in [1.82, 2.24) is 49.0 Å². The lowest BCUT2D eigenvalue weighted by Crippen LogP contribution is -2.49. The molecule has 4 aliphatic rings. The third-order valence-corrected chi connectivity index (χ3v) is 14.0. The van der Waals surface area contributed by atoms with E-state index in [1.165, 1.54) is 27.0 Å². The summed E-state index contributed by atoms with van der Waals surface area (Å²) in [7, 11) is 1.72. The molecule has 0 radical (unpaired) electrons. The first-order valence-corrected chi connectivity index (χ1v) is 21.4. The maximum atomic E-state index is 15.8. The molecule has 2 amide bonds. The van der Waals surface area contributed by atoms with Crippen molar-refractivity contribution >= 4 is 33.8 Å². The number of amides is 2. The Hall–Kier alpha value is -6.59. The van der Waals surface area contributed by atoms with Crippen LogP contribution in [0.15, 0.2) is 71.9 Å². The number of carbonyl (C=O) groups is 2. The average Bonchev–Trinajstić information content (AvgIpc) is 3.90. The summed E-state index contributed by atoms with van der Waals surface area (Å²) in [6.45, 7) is 9.08. The number of hydroxylamine groups is 1. The molecule has 1 aliphatic carbocycles. The van der Waals surface area contributed by atoms with E-state index in [-0.39, 0.29) is 23.3 Å². The molecule has 0 spiro atoms. The van der Waals surface area contributed by atoms with Crippen LogP contribution in [0.5, 0.6) is 0 Å². The summed E-state index contributed by atoms with van der Waals surface area (Å²) < 4.78 is 44.5. The Morgan fingerprint density at radius 1 is 0.937 bits per heavy atom. The van der Waals surface area contributed by atoms with Gasteiger partial charge in [-0.05, 0) is 105 Å². The summed E-state index contributed by atoms with van der Waals surface area (Å²) in [6.07, 6.45) is 6.38. The molecule has 7 heterocycles. The van der Waals surface area contributed by atoms with E-state index in [0.29, 0.717) is 89.0 Å². The SMILES string of the molecule is Cc1cc(-n2nc3c(c2-n2ccn(-c4cc5cnn(C)c5cc4F)c2=O)[C@H](C)N(C(=O)c2cc4cc(C5CCOCC5)ccc4n2[C@@]2(C4NOC(=O)N4)C[C@@H]2C)CC3)cc(C)c1F. The fraction of sp³-hybridized carbons (Fsp3) is 0.370. The molecule has 1 unspecified atom stereocenters. The second-order valence-electron chi connectivity index (χ2n) is 17.6. The maximum Gasteiger partial charge on any atom is 0.427 e. The van der Waals surface area contributed by atoms with Gasteiger partial charge in [0.15, 0.2) is 0 Å². The van der Waals surface area contributed by atoms with Crippen molar-refractivity contribution in [3.63, 3.8) is 0 Å². The Morgan fingerprint density at radius 2 is 1.68 bits per heavy atom. The van der Waals surface area contributed by atoms with Crippen LogP contribution in [0, 0.1) is 31.4 Å². The first-order chi connectivity index (χ1) is 30.3. The van der Waals surface area contributed by atoms with E-state index < -0.39 is 35.3 Å². The molecular weight excluding hydrogens is 811 g/mol.